The molecule has 0 N–H and O–H groups in total. The Hall–Kier alpha value is -13.6. The molecule has 8 nitrogen and oxygen atoms in total. The molecule has 0 bridgehead atoms. The van der Waals surface area contributed by atoms with E-state index in [1.54, 1.807) is 12.4 Å². The Morgan fingerprint density at radius 3 is 0.758 bits per heavy atom. The van der Waals surface area contributed by atoms with Gasteiger partial charge in [-0.25, -0.2) is 0 Å². The van der Waals surface area contributed by atoms with Gasteiger partial charge in [-0.05, 0) is 158 Å². The fourth-order valence-electron chi connectivity index (χ4n) is 13.1. The van der Waals surface area contributed by atoms with Gasteiger partial charge in [-0.2, -0.15) is 0 Å². The summed E-state index contributed by atoms with van der Waals surface area (Å²) in [7, 11) is 0. The van der Waals surface area contributed by atoms with E-state index >= 15 is 0 Å². The molecule has 0 atom stereocenters. The smallest absolute Gasteiger partial charge is 0.0239 e. The minimum atomic E-state index is 0. The fraction of sp³-hybridized carbons (Fsp3) is 0.0667. The van der Waals surface area contributed by atoms with Gasteiger partial charge in [0.25, 0.3) is 0 Å². The molecule has 132 heavy (non-hydrogen) atoms. The number of pyridine rings is 8. The van der Waals surface area contributed by atoms with Gasteiger partial charge >= 0.3 is 0 Å². The van der Waals surface area contributed by atoms with Gasteiger partial charge in [0, 0.05) is 130 Å². The van der Waals surface area contributed by atoms with E-state index in [0.717, 1.165) is 108 Å². The Bertz CT molecular complexity index is 6340. The van der Waals surface area contributed by atoms with E-state index in [4.69, 9.17) is 0 Å². The van der Waals surface area contributed by atoms with E-state index in [2.05, 4.69) is 256 Å². The number of rotatable bonds is 13. The summed E-state index contributed by atoms with van der Waals surface area (Å²) in [6.07, 6.45) is 16.0. The van der Waals surface area contributed by atoms with E-state index in [0.29, 0.717) is 0 Å². The zero-order chi connectivity index (χ0) is 88.5. The summed E-state index contributed by atoms with van der Waals surface area (Å²) >= 11 is 0. The Morgan fingerprint density at radius 2 is 0.447 bits per heavy atom. The van der Waals surface area contributed by atoms with Crippen LogP contribution in [0.1, 0.15) is 45.9 Å². The average molecular weight is 2420 g/mol. The first-order chi connectivity index (χ1) is 62.9. The number of nitrogens with zero attached hydrogens (tertiary/aromatic N) is 8. The number of benzene rings is 12. The van der Waals surface area contributed by atoms with Crippen LogP contribution in [0.3, 0.4) is 0 Å². The molecular formula is C120H96Ir4N8-8. The summed E-state index contributed by atoms with van der Waals surface area (Å²) in [5.74, 6) is 0. The van der Waals surface area contributed by atoms with Crippen molar-refractivity contribution < 1.29 is 80.4 Å². The molecule has 0 amide bonds. The molecule has 0 saturated heterocycles. The zero-order valence-electron chi connectivity index (χ0n) is 74.3. The van der Waals surface area contributed by atoms with E-state index in [1.807, 2.05) is 312 Å². The minimum absolute atomic E-state index is 0. The van der Waals surface area contributed by atoms with Crippen LogP contribution in [0.5, 0.6) is 0 Å². The predicted molar refractivity (Wildman–Crippen MR) is 528 cm³/mol. The normalized spacial score (nSPS) is 9.87. The van der Waals surface area contributed by atoms with Crippen LogP contribution < -0.4 is 0 Å². The zero-order valence-corrected chi connectivity index (χ0v) is 83.8. The van der Waals surface area contributed by atoms with Crippen molar-refractivity contribution in [3.63, 3.8) is 0 Å². The number of hydrogen-bond acceptors (Lipinski definition) is 8. The molecule has 0 aliphatic rings. The molecule has 0 unspecified atom stereocenters. The maximum atomic E-state index is 4.54. The van der Waals surface area contributed by atoms with Crippen molar-refractivity contribution in [1.82, 2.24) is 39.9 Å². The molecule has 20 aromatic rings. The van der Waals surface area contributed by atoms with Gasteiger partial charge in [-0.1, -0.05) is 227 Å². The SMILES string of the molecule is CCc1ccc(-c2ccc(-c3[c-]cccc3)nc2)cc1.Cc1cc[c-]c(-c2cc(-c3ccccc3)ccn2)c1.Cc1ccc(-c2[c-]ccc(C)c2)nc1.Cc1ccc(-c2[c-]ccc(C)c2)nc1.Cc1ccc(-c2ccc(-c3[c-]cccc3)nc2)cc1.[Ir].[Ir].[Ir].[Ir].[c-]1ccccc1-c1cc(-c2ccccc2)ccn1.[c-]1ccccc1-c1ccccn1.[c-]1ccccc1-c1ccccn1. The van der Waals surface area contributed by atoms with Gasteiger partial charge in [0.15, 0.2) is 0 Å². The van der Waals surface area contributed by atoms with Gasteiger partial charge in [0.1, 0.15) is 0 Å². The van der Waals surface area contributed by atoms with Crippen LogP contribution in [0.15, 0.2) is 444 Å². The number of aromatic nitrogens is 8. The largest absolute Gasteiger partial charge is 0.305 e. The Balaban J connectivity index is 0.000000170. The first-order valence-corrected chi connectivity index (χ1v) is 42.5. The molecule has 0 aliphatic heterocycles. The third kappa shape index (κ3) is 32.5. The van der Waals surface area contributed by atoms with Gasteiger partial charge in [0.2, 0.25) is 0 Å². The van der Waals surface area contributed by atoms with E-state index < -0.39 is 0 Å². The van der Waals surface area contributed by atoms with Crippen LogP contribution >= 0.6 is 0 Å². The first kappa shape index (κ1) is 102. The second-order valence-corrected chi connectivity index (χ2v) is 30.0. The van der Waals surface area contributed by atoms with Crippen molar-refractivity contribution in [3.05, 3.63) is 531 Å². The third-order valence-electron chi connectivity index (χ3n) is 20.1. The van der Waals surface area contributed by atoms with Crippen molar-refractivity contribution in [2.75, 3.05) is 0 Å². The van der Waals surface area contributed by atoms with Crippen LogP contribution in [0, 0.1) is 90.1 Å². The Kier molecular flexibility index (Phi) is 42.9. The summed E-state index contributed by atoms with van der Waals surface area (Å²) < 4.78 is 0. The molecule has 12 heteroatoms. The maximum absolute atomic E-state index is 4.54. The fourth-order valence-corrected chi connectivity index (χ4v) is 13.1. The standard InChI is InChI=1S/C19H16N.2C18H14N.C17H12N.2C13H12N.2C11H8N.4Ir/c1-2-15-8-10-16(11-9-15)18-12-13-19(20-14-18)17-6-4-3-5-7-17;1-14-6-5-9-17(12-14)18-13-16(10-11-19-18)15-7-3-2-4-8-15;1-14-7-9-15(10-8-14)17-11-12-18(19-13-17)16-5-3-2-4-6-16;1-3-7-14(8-4-1)16-11-12-18-17(13-16)15-9-5-2-6-10-15;2*1-10-4-3-5-12(8-10)13-7-6-11(2)9-14-13;2*1-2-6-10(7-3-1)11-8-4-5-9-12-11;;;;/h3-6,8-14H,2H2,1H3;2-8,10-13H,1H3;2-5,7-13H,1H3;1-9,11-13H;2*3-4,6-9H,1-2H3;2*1-6,8-9H;;;;/q8*-1;;;;. The molecule has 8 heterocycles. The summed E-state index contributed by atoms with van der Waals surface area (Å²) in [6.45, 7) is 14.6. The molecule has 12 aromatic carbocycles. The molecule has 0 aliphatic carbocycles. The van der Waals surface area contributed by atoms with Crippen molar-refractivity contribution in [1.29, 1.82) is 0 Å². The van der Waals surface area contributed by atoms with Crippen LogP contribution in [0.4, 0.5) is 0 Å². The van der Waals surface area contributed by atoms with Crippen molar-refractivity contribution >= 4 is 0 Å². The molecule has 660 valence electrons. The number of hydrogen-bond donors (Lipinski definition) is 0. The molecule has 20 rings (SSSR count). The Morgan fingerprint density at radius 1 is 0.174 bits per heavy atom. The van der Waals surface area contributed by atoms with E-state index in [9.17, 15) is 0 Å². The summed E-state index contributed by atoms with van der Waals surface area (Å²) in [5, 5.41) is 0. The van der Waals surface area contributed by atoms with E-state index in [1.165, 1.54) is 72.3 Å². The topological polar surface area (TPSA) is 103 Å². The summed E-state index contributed by atoms with van der Waals surface area (Å²) in [5.41, 5.74) is 34.2. The molecule has 4 radical (unpaired) electrons. The van der Waals surface area contributed by atoms with Crippen LogP contribution in [-0.4, -0.2) is 39.9 Å². The molecule has 8 aromatic heterocycles. The van der Waals surface area contributed by atoms with Crippen molar-refractivity contribution in [3.8, 4) is 135 Å². The minimum Gasteiger partial charge on any atom is -0.305 e. The second kappa shape index (κ2) is 55.5. The van der Waals surface area contributed by atoms with Gasteiger partial charge in [-0.3, -0.25) is 0 Å². The molecule has 0 fully saturated rings. The van der Waals surface area contributed by atoms with Crippen molar-refractivity contribution in [2.45, 2.75) is 54.9 Å². The summed E-state index contributed by atoms with van der Waals surface area (Å²) in [4.78, 5) is 35.1. The first-order valence-electron chi connectivity index (χ1n) is 42.5. The average Bonchev–Trinajstić information content (AvgIpc) is 0.839. The van der Waals surface area contributed by atoms with Crippen LogP contribution in [-0.2, 0) is 86.8 Å². The molecular weight excluding hydrogens is 2320 g/mol. The summed E-state index contributed by atoms with van der Waals surface area (Å²) in [6, 6.07) is 157. The monoisotopic (exact) mass is 2420 g/mol. The molecule has 0 saturated carbocycles. The number of aryl methyl sites for hydroxylation is 7. The van der Waals surface area contributed by atoms with E-state index in [-0.39, 0.29) is 80.4 Å². The molecule has 0 spiro atoms. The third-order valence-corrected chi connectivity index (χ3v) is 20.1. The van der Waals surface area contributed by atoms with Gasteiger partial charge in [-0.15, -0.1) is 286 Å². The maximum Gasteiger partial charge on any atom is 0.0239 e. The quantitative estimate of drug-likeness (QED) is 0.105. The predicted octanol–water partition coefficient (Wildman–Crippen LogP) is 29.5. The van der Waals surface area contributed by atoms with Gasteiger partial charge < -0.3 is 39.9 Å². The van der Waals surface area contributed by atoms with Crippen molar-refractivity contribution in [2.24, 2.45) is 0 Å². The Labute approximate surface area is 833 Å². The van der Waals surface area contributed by atoms with Crippen LogP contribution in [0.2, 0.25) is 0 Å². The second-order valence-electron chi connectivity index (χ2n) is 30.0. The van der Waals surface area contributed by atoms with Crippen LogP contribution in [0.25, 0.3) is 135 Å². The van der Waals surface area contributed by atoms with Gasteiger partial charge in [0.05, 0.1) is 0 Å².